The topological polar surface area (TPSA) is 227 Å². The predicted octanol–water partition coefficient (Wildman–Crippen LogP) is 4.23. The van der Waals surface area contributed by atoms with E-state index in [1.54, 1.807) is 26.0 Å². The number of aliphatic hydroxyl groups is 1. The highest BCUT2D eigenvalue weighted by molar-refractivity contribution is 6.18. The zero-order chi connectivity index (χ0) is 39.1. The number of ketones is 2. The number of aryl methyl sites for hydroxylation is 2. The molecule has 1 aliphatic heterocycles. The van der Waals surface area contributed by atoms with E-state index < -0.39 is 77.5 Å². The number of aromatic hydroxyl groups is 5. The van der Waals surface area contributed by atoms with Crippen molar-refractivity contribution in [1.82, 2.24) is 0 Å². The average Bonchev–Trinajstić information content (AvgIpc) is 3.04. The number of phenolic OH excluding ortho intramolecular Hbond substituents is 5. The van der Waals surface area contributed by atoms with Crippen molar-refractivity contribution in [3.8, 4) is 34.5 Å². The third-order valence-electron chi connectivity index (χ3n) is 10.0. The zero-order valence-corrected chi connectivity index (χ0v) is 29.6. The fraction of sp³-hybridized carbons (Fsp3) is 0.300. The minimum absolute atomic E-state index is 0.122. The molecule has 54 heavy (non-hydrogen) atoms. The van der Waals surface area contributed by atoms with E-state index in [0.29, 0.717) is 11.1 Å². The van der Waals surface area contributed by atoms with Crippen LogP contribution >= 0.6 is 0 Å². The van der Waals surface area contributed by atoms with E-state index in [2.05, 4.69) is 0 Å². The third kappa shape index (κ3) is 5.83. The molecule has 1 heterocycles. The number of hydrogen-bond donors (Lipinski definition) is 6. The predicted molar refractivity (Wildman–Crippen MR) is 186 cm³/mol. The number of aliphatic hydroxyl groups excluding tert-OH is 1. The Hall–Kier alpha value is -6.12. The van der Waals surface area contributed by atoms with Crippen LogP contribution < -0.4 is 4.74 Å². The number of ether oxygens (including phenoxy) is 4. The molecule has 0 radical (unpaired) electrons. The summed E-state index contributed by atoms with van der Waals surface area (Å²) in [5.41, 5.74) is 1.19. The molecule has 0 spiro atoms. The van der Waals surface area contributed by atoms with Crippen LogP contribution in [0.4, 0.5) is 0 Å². The summed E-state index contributed by atoms with van der Waals surface area (Å²) in [6.45, 7) is 7.08. The van der Waals surface area contributed by atoms with E-state index in [1.807, 2.05) is 0 Å². The number of benzene rings is 4. The minimum atomic E-state index is -1.52. The van der Waals surface area contributed by atoms with Crippen molar-refractivity contribution in [2.24, 2.45) is 0 Å². The summed E-state index contributed by atoms with van der Waals surface area (Å²) >= 11 is 0. The fourth-order valence-electron chi connectivity index (χ4n) is 8.04. The van der Waals surface area contributed by atoms with Gasteiger partial charge in [-0.1, -0.05) is 12.1 Å². The second-order valence-electron chi connectivity index (χ2n) is 13.9. The van der Waals surface area contributed by atoms with E-state index in [0.717, 1.165) is 26.0 Å². The number of rotatable bonds is 5. The quantitative estimate of drug-likeness (QED) is 0.158. The molecule has 7 atom stereocenters. The highest BCUT2D eigenvalue weighted by Crippen LogP contribution is 2.57. The molecule has 14 heteroatoms. The molecule has 0 saturated carbocycles. The Kier molecular flexibility index (Phi) is 8.78. The number of carbonyl (C=O) groups is 4. The van der Waals surface area contributed by atoms with Gasteiger partial charge in [0.05, 0.1) is 28.4 Å². The first-order valence-electron chi connectivity index (χ1n) is 17.0. The van der Waals surface area contributed by atoms with Gasteiger partial charge in [0, 0.05) is 37.8 Å². The molecule has 4 aromatic carbocycles. The normalized spacial score (nSPS) is 24.1. The van der Waals surface area contributed by atoms with Crippen molar-refractivity contribution in [3.63, 3.8) is 0 Å². The van der Waals surface area contributed by atoms with Crippen LogP contribution in [0.5, 0.6) is 34.5 Å². The molecule has 0 aromatic heterocycles. The van der Waals surface area contributed by atoms with E-state index in [-0.39, 0.29) is 67.5 Å². The van der Waals surface area contributed by atoms with Crippen molar-refractivity contribution < 1.29 is 68.8 Å². The molecule has 1 saturated heterocycles. The molecule has 0 amide bonds. The van der Waals surface area contributed by atoms with E-state index in [1.165, 1.54) is 31.2 Å². The summed E-state index contributed by atoms with van der Waals surface area (Å²) < 4.78 is 22.8. The molecule has 280 valence electrons. The molecule has 2 aliphatic carbocycles. The first-order chi connectivity index (χ1) is 25.5. The lowest BCUT2D eigenvalue weighted by Gasteiger charge is -2.42. The van der Waals surface area contributed by atoms with Crippen molar-refractivity contribution in [3.05, 3.63) is 104 Å². The Balaban J connectivity index is 1.48. The lowest BCUT2D eigenvalue weighted by molar-refractivity contribution is -0.277. The van der Waals surface area contributed by atoms with Gasteiger partial charge >= 0.3 is 11.9 Å². The largest absolute Gasteiger partial charge is 0.508 e. The van der Waals surface area contributed by atoms with Crippen LogP contribution in [0.1, 0.15) is 97.8 Å². The summed E-state index contributed by atoms with van der Waals surface area (Å²) in [7, 11) is 0. The molecule has 3 aliphatic rings. The Morgan fingerprint density at radius 1 is 0.611 bits per heavy atom. The van der Waals surface area contributed by atoms with E-state index >= 15 is 0 Å². The zero-order valence-electron chi connectivity index (χ0n) is 29.6. The molecule has 6 N–H and O–H groups in total. The number of phenols is 5. The van der Waals surface area contributed by atoms with Crippen LogP contribution in [0.3, 0.4) is 0 Å². The monoisotopic (exact) mass is 740 g/mol. The molecule has 4 aromatic rings. The lowest BCUT2D eigenvalue weighted by Crippen LogP contribution is -2.60. The second-order valence-corrected chi connectivity index (χ2v) is 13.9. The average molecular weight is 741 g/mol. The van der Waals surface area contributed by atoms with Crippen molar-refractivity contribution in [2.75, 3.05) is 0 Å². The van der Waals surface area contributed by atoms with Gasteiger partial charge in [-0.25, -0.2) is 0 Å². The van der Waals surface area contributed by atoms with Crippen LogP contribution in [0.25, 0.3) is 0 Å². The Morgan fingerprint density at radius 2 is 1.04 bits per heavy atom. The summed E-state index contributed by atoms with van der Waals surface area (Å²) in [5, 5.41) is 66.7. The van der Waals surface area contributed by atoms with Crippen LogP contribution in [0.15, 0.2) is 48.5 Å². The molecular formula is C40H36O14. The highest BCUT2D eigenvalue weighted by Gasteiger charge is 2.50. The lowest BCUT2D eigenvalue weighted by atomic mass is 9.63. The van der Waals surface area contributed by atoms with Crippen molar-refractivity contribution >= 4 is 23.5 Å². The van der Waals surface area contributed by atoms with Gasteiger partial charge in [-0.15, -0.1) is 0 Å². The second kappa shape index (κ2) is 13.1. The van der Waals surface area contributed by atoms with Crippen LogP contribution in [-0.4, -0.2) is 84.9 Å². The molecule has 14 nitrogen and oxygen atoms in total. The Morgan fingerprint density at radius 3 is 1.54 bits per heavy atom. The molecule has 7 rings (SSSR count). The molecule has 1 fully saturated rings. The maximum atomic E-state index is 14.3. The maximum absolute atomic E-state index is 14.3. The Labute approximate surface area is 307 Å². The first-order valence-corrected chi connectivity index (χ1v) is 17.0. The van der Waals surface area contributed by atoms with Crippen LogP contribution in [0, 0.1) is 13.8 Å². The van der Waals surface area contributed by atoms with Crippen molar-refractivity contribution in [1.29, 1.82) is 0 Å². The van der Waals surface area contributed by atoms with E-state index in [9.17, 15) is 49.8 Å². The van der Waals surface area contributed by atoms with Crippen molar-refractivity contribution in [2.45, 2.75) is 77.2 Å². The van der Waals surface area contributed by atoms with E-state index in [4.69, 9.17) is 18.9 Å². The minimum Gasteiger partial charge on any atom is -0.508 e. The number of hydrogen-bond acceptors (Lipinski definition) is 14. The SMILES string of the molecule is CC(=O)O[C@@H]1[C@@H](O)[C@H](C)O[C@@H](Oc2cc(O)c3c(c2)[C@H]([C@@H]2c4cc(C)cc(O)c4C(=O)c4c(O)cc(O)cc42)c2cc(C)cc(O)c2C3=O)[C@@H]1OC(C)=O. The van der Waals surface area contributed by atoms with Gasteiger partial charge in [0.2, 0.25) is 24.0 Å². The summed E-state index contributed by atoms with van der Waals surface area (Å²) in [5.74, 6) is -7.59. The summed E-state index contributed by atoms with van der Waals surface area (Å²) in [6, 6.07) is 10.9. The summed E-state index contributed by atoms with van der Waals surface area (Å²) in [4.78, 5) is 52.4. The number of carbonyl (C=O) groups excluding carboxylic acids is 4. The standard InChI is InChI=1S/C40H36O14/c1-14-6-21-29(23-10-19(43)11-27(46)33(23)36(49)31(21)25(44)8-14)30-22-7-15(2)9-26(45)32(22)37(50)34-24(30)12-20(13-28(34)47)54-40-39(53-18(5)42)38(52-17(4)41)35(48)16(3)51-40/h6-13,16,29-30,35,38-40,43-48H,1-5H3/t16-,29+,30+,35-,38+,39+,40-/m0/s1. The first kappa shape index (κ1) is 36.2. The third-order valence-corrected chi connectivity index (χ3v) is 10.0. The van der Waals surface area contributed by atoms with Gasteiger partial charge in [-0.2, -0.15) is 0 Å². The fourth-order valence-corrected chi connectivity index (χ4v) is 8.04. The Bertz CT molecular complexity index is 2230. The van der Waals surface area contributed by atoms with Gasteiger partial charge in [0.25, 0.3) is 0 Å². The van der Waals surface area contributed by atoms with Gasteiger partial charge in [0.1, 0.15) is 40.6 Å². The van der Waals surface area contributed by atoms with Gasteiger partial charge in [-0.05, 0) is 78.4 Å². The molecule has 0 bridgehead atoms. The number of fused-ring (bicyclic) bond motifs is 4. The van der Waals surface area contributed by atoms with Crippen LogP contribution in [-0.2, 0) is 23.8 Å². The van der Waals surface area contributed by atoms with Gasteiger partial charge in [-0.3, -0.25) is 19.2 Å². The summed E-state index contributed by atoms with van der Waals surface area (Å²) in [6.07, 6.45) is -6.86. The van der Waals surface area contributed by atoms with Gasteiger partial charge < -0.3 is 49.6 Å². The van der Waals surface area contributed by atoms with Crippen LogP contribution in [0.2, 0.25) is 0 Å². The molecule has 0 unspecified atom stereocenters. The smallest absolute Gasteiger partial charge is 0.303 e. The number of esters is 2. The highest BCUT2D eigenvalue weighted by atomic mass is 16.7. The maximum Gasteiger partial charge on any atom is 0.303 e. The van der Waals surface area contributed by atoms with Gasteiger partial charge in [0.15, 0.2) is 6.10 Å². The molecular weight excluding hydrogens is 704 g/mol.